The van der Waals surface area contributed by atoms with Crippen LogP contribution in [0, 0.1) is 11.8 Å². The number of pyridine rings is 1. The van der Waals surface area contributed by atoms with E-state index in [4.69, 9.17) is 20.3 Å². The Labute approximate surface area is 173 Å². The molecular weight excluding hydrogens is 394 g/mol. The van der Waals surface area contributed by atoms with E-state index in [0.29, 0.717) is 48.3 Å². The molecule has 0 aromatic carbocycles. The largest absolute Gasteiger partial charge is 0.431 e. The second-order valence-electron chi connectivity index (χ2n) is 8.72. The van der Waals surface area contributed by atoms with Gasteiger partial charge in [-0.1, -0.05) is 0 Å². The fraction of sp³-hybridized carbons (Fsp3) is 0.619. The molecule has 3 fully saturated rings. The number of nitrogens with two attached hydrogens (primary N) is 1. The third-order valence-corrected chi connectivity index (χ3v) is 6.38. The first kappa shape index (κ1) is 19.7. The fourth-order valence-electron chi connectivity index (χ4n) is 4.90. The van der Waals surface area contributed by atoms with Gasteiger partial charge in [-0.25, -0.2) is 4.98 Å². The number of nitrogen functional groups attached to an aromatic ring is 1. The third kappa shape index (κ3) is 3.54. The quantitative estimate of drug-likeness (QED) is 0.737. The van der Waals surface area contributed by atoms with Crippen LogP contribution in [0.3, 0.4) is 0 Å². The molecule has 4 atom stereocenters. The van der Waals surface area contributed by atoms with Gasteiger partial charge in [-0.15, -0.1) is 0 Å². The van der Waals surface area contributed by atoms with Crippen molar-refractivity contribution in [3.63, 3.8) is 0 Å². The van der Waals surface area contributed by atoms with E-state index in [2.05, 4.69) is 29.6 Å². The van der Waals surface area contributed by atoms with E-state index in [1.807, 2.05) is 4.68 Å². The van der Waals surface area contributed by atoms with Gasteiger partial charge in [-0.05, 0) is 50.7 Å². The lowest BCUT2D eigenvalue weighted by Crippen LogP contribution is -2.38. The van der Waals surface area contributed by atoms with Gasteiger partial charge >= 0.3 is 6.61 Å². The summed E-state index contributed by atoms with van der Waals surface area (Å²) in [5.74, 6) is 1.49. The summed E-state index contributed by atoms with van der Waals surface area (Å²) in [5.41, 5.74) is 8.15. The fourth-order valence-corrected chi connectivity index (χ4v) is 4.90. The van der Waals surface area contributed by atoms with Crippen LogP contribution in [0.15, 0.2) is 18.3 Å². The van der Waals surface area contributed by atoms with Gasteiger partial charge in [0.15, 0.2) is 11.6 Å². The van der Waals surface area contributed by atoms with Crippen LogP contribution in [0.1, 0.15) is 44.3 Å². The van der Waals surface area contributed by atoms with Crippen molar-refractivity contribution in [2.24, 2.45) is 11.8 Å². The molecule has 3 aliphatic rings. The van der Waals surface area contributed by atoms with Crippen molar-refractivity contribution in [2.75, 3.05) is 18.9 Å². The smallest absolute Gasteiger partial charge is 0.387 e. The van der Waals surface area contributed by atoms with Crippen molar-refractivity contribution in [3.05, 3.63) is 24.0 Å². The molecule has 0 spiro atoms. The third-order valence-electron chi connectivity index (χ3n) is 6.38. The minimum absolute atomic E-state index is 0.0674. The summed E-state index contributed by atoms with van der Waals surface area (Å²) >= 11 is 0. The maximum Gasteiger partial charge on any atom is 0.387 e. The highest BCUT2D eigenvalue weighted by Gasteiger charge is 2.58. The molecule has 2 N–H and O–H groups in total. The van der Waals surface area contributed by atoms with E-state index in [0.717, 1.165) is 12.8 Å². The Bertz CT molecular complexity index is 919. The number of hydrogen-bond acceptors (Lipinski definition) is 6. The van der Waals surface area contributed by atoms with Crippen LogP contribution >= 0.6 is 0 Å². The molecule has 0 radical (unpaired) electrons. The van der Waals surface area contributed by atoms with Crippen molar-refractivity contribution in [3.8, 4) is 17.0 Å². The molecule has 1 saturated heterocycles. The number of halogens is 2. The zero-order valence-corrected chi connectivity index (χ0v) is 17.0. The summed E-state index contributed by atoms with van der Waals surface area (Å²) in [7, 11) is 0. The van der Waals surface area contributed by atoms with Crippen LogP contribution in [0.25, 0.3) is 11.3 Å². The first-order valence-electron chi connectivity index (χ1n) is 10.4. The monoisotopic (exact) mass is 420 g/mol. The molecule has 30 heavy (non-hydrogen) atoms. The minimum atomic E-state index is -2.96. The van der Waals surface area contributed by atoms with Crippen molar-refractivity contribution < 1.29 is 23.0 Å². The van der Waals surface area contributed by atoms with E-state index < -0.39 is 6.61 Å². The summed E-state index contributed by atoms with van der Waals surface area (Å²) in [4.78, 5) is 4.00. The SMILES string of the molecule is CC(C)n1nc(-c2cnc(N)c(OC(F)F)c2)cc1[C@H]1[C@@H]2C[C@H](OC3COC3)C[C@@H]21. The summed E-state index contributed by atoms with van der Waals surface area (Å²) in [6.45, 7) is 2.65. The first-order chi connectivity index (χ1) is 14.4. The molecule has 2 aromatic rings. The maximum absolute atomic E-state index is 12.6. The van der Waals surface area contributed by atoms with Crippen LogP contribution in [-0.2, 0) is 9.47 Å². The van der Waals surface area contributed by atoms with E-state index in [9.17, 15) is 8.78 Å². The number of aromatic nitrogens is 3. The van der Waals surface area contributed by atoms with Gasteiger partial charge in [-0.2, -0.15) is 13.9 Å². The van der Waals surface area contributed by atoms with Gasteiger partial charge in [0, 0.05) is 29.4 Å². The Hall–Kier alpha value is -2.26. The molecule has 3 heterocycles. The molecule has 2 aliphatic carbocycles. The highest BCUT2D eigenvalue weighted by molar-refractivity contribution is 5.64. The van der Waals surface area contributed by atoms with E-state index in [1.54, 1.807) is 6.20 Å². The van der Waals surface area contributed by atoms with Crippen LogP contribution in [0.4, 0.5) is 14.6 Å². The summed E-state index contributed by atoms with van der Waals surface area (Å²) in [5, 5.41) is 4.75. The lowest BCUT2D eigenvalue weighted by molar-refractivity contribution is -0.154. The molecule has 7 nitrogen and oxygen atoms in total. The zero-order valence-electron chi connectivity index (χ0n) is 17.0. The topological polar surface area (TPSA) is 84.4 Å². The van der Waals surface area contributed by atoms with Gasteiger partial charge in [0.2, 0.25) is 0 Å². The average molecular weight is 420 g/mol. The van der Waals surface area contributed by atoms with Crippen LogP contribution in [0.2, 0.25) is 0 Å². The molecule has 0 bridgehead atoms. The van der Waals surface area contributed by atoms with E-state index >= 15 is 0 Å². The lowest BCUT2D eigenvalue weighted by Gasteiger charge is -2.30. The number of rotatable bonds is 7. The molecule has 0 unspecified atom stereocenters. The predicted molar refractivity (Wildman–Crippen MR) is 105 cm³/mol. The summed E-state index contributed by atoms with van der Waals surface area (Å²) < 4.78 is 43.1. The van der Waals surface area contributed by atoms with Crippen molar-refractivity contribution >= 4 is 5.82 Å². The van der Waals surface area contributed by atoms with Gasteiger partial charge in [0.25, 0.3) is 0 Å². The normalized spacial score (nSPS) is 28.1. The van der Waals surface area contributed by atoms with Crippen LogP contribution < -0.4 is 10.5 Å². The number of alkyl halides is 2. The molecule has 2 saturated carbocycles. The van der Waals surface area contributed by atoms with Crippen molar-refractivity contribution in [2.45, 2.75) is 57.5 Å². The molecule has 2 aromatic heterocycles. The number of fused-ring (bicyclic) bond motifs is 1. The van der Waals surface area contributed by atoms with Crippen LogP contribution in [-0.4, -0.2) is 46.8 Å². The van der Waals surface area contributed by atoms with Crippen LogP contribution in [0.5, 0.6) is 5.75 Å². The van der Waals surface area contributed by atoms with Crippen molar-refractivity contribution in [1.29, 1.82) is 0 Å². The number of ether oxygens (including phenoxy) is 3. The summed E-state index contributed by atoms with van der Waals surface area (Å²) in [6, 6.07) is 3.72. The van der Waals surface area contributed by atoms with E-state index in [1.165, 1.54) is 11.8 Å². The molecule has 5 rings (SSSR count). The predicted octanol–water partition coefficient (Wildman–Crippen LogP) is 3.62. The standard InChI is InChI=1S/C21H26F2N4O3/c1-10(2)27-17(19-14-4-12(5-15(14)19)29-13-8-28-9-13)6-16(26-27)11-3-18(30-21(22)23)20(24)25-7-11/h3,6-7,10,12-15,19,21H,4-5,8-9H2,1-2H3,(H2,24,25)/t12-,14+,15-,19-. The Morgan fingerprint density at radius 2 is 1.90 bits per heavy atom. The zero-order chi connectivity index (χ0) is 21.0. The number of hydrogen-bond donors (Lipinski definition) is 1. The molecule has 0 amide bonds. The first-order valence-corrected chi connectivity index (χ1v) is 10.4. The Balaban J connectivity index is 1.35. The van der Waals surface area contributed by atoms with Gasteiger partial charge < -0.3 is 19.9 Å². The molecule has 9 heteroatoms. The number of nitrogens with zero attached hydrogens (tertiary/aromatic N) is 3. The molecule has 162 valence electrons. The van der Waals surface area contributed by atoms with Gasteiger partial charge in [-0.3, -0.25) is 4.68 Å². The average Bonchev–Trinajstić information content (AvgIpc) is 3.03. The lowest BCUT2D eigenvalue weighted by atomic mass is 10.0. The van der Waals surface area contributed by atoms with Gasteiger partial charge in [0.05, 0.1) is 25.0 Å². The van der Waals surface area contributed by atoms with Gasteiger partial charge in [0.1, 0.15) is 6.10 Å². The Kier molecular flexibility index (Phi) is 4.89. The maximum atomic E-state index is 12.6. The highest BCUT2D eigenvalue weighted by atomic mass is 19.3. The molecular formula is C21H26F2N4O3. The highest BCUT2D eigenvalue weighted by Crippen LogP contribution is 2.64. The summed E-state index contributed by atoms with van der Waals surface area (Å²) in [6.07, 6.45) is 4.28. The Morgan fingerprint density at radius 3 is 2.50 bits per heavy atom. The second kappa shape index (κ2) is 7.46. The number of anilines is 1. The molecule has 1 aliphatic heterocycles. The Morgan fingerprint density at radius 1 is 1.17 bits per heavy atom. The minimum Gasteiger partial charge on any atom is -0.431 e. The van der Waals surface area contributed by atoms with E-state index in [-0.39, 0.29) is 23.7 Å². The second-order valence-corrected chi connectivity index (χ2v) is 8.72. The van der Waals surface area contributed by atoms with Crippen molar-refractivity contribution in [1.82, 2.24) is 14.8 Å².